The number of nitrogens with zero attached hydrogens (tertiary/aromatic N) is 4. The van der Waals surface area contributed by atoms with E-state index in [0.717, 1.165) is 55.3 Å². The van der Waals surface area contributed by atoms with Gasteiger partial charge >= 0.3 is 0 Å². The van der Waals surface area contributed by atoms with Crippen molar-refractivity contribution >= 4 is 27.6 Å². The van der Waals surface area contributed by atoms with Crippen LogP contribution in [0.25, 0.3) is 0 Å². The summed E-state index contributed by atoms with van der Waals surface area (Å²) in [6.45, 7) is 11.9. The maximum Gasteiger partial charge on any atom is 0.148 e. The molecule has 1 aliphatic heterocycles. The Morgan fingerprint density at radius 2 is 1.95 bits per heavy atom. The SMILES string of the molecule is CCCNc1ncnc(N2CCN(C(C)CC)CC2)c1Br. The standard InChI is InChI=1S/C15H26BrN5/c1-4-6-17-14-13(16)15(19-11-18-14)21-9-7-20(8-10-21)12(3)5-2/h11-12H,4-10H2,1-3H3,(H,17,18,19). The smallest absolute Gasteiger partial charge is 0.148 e. The van der Waals surface area contributed by atoms with E-state index in [1.807, 2.05) is 0 Å². The Kier molecular flexibility index (Phi) is 6.23. The molecule has 1 unspecified atom stereocenters. The first-order valence-corrected chi connectivity index (χ1v) is 8.70. The Morgan fingerprint density at radius 1 is 1.24 bits per heavy atom. The van der Waals surface area contributed by atoms with Crippen molar-refractivity contribution in [3.8, 4) is 0 Å². The third kappa shape index (κ3) is 4.07. The van der Waals surface area contributed by atoms with Crippen LogP contribution in [0.15, 0.2) is 10.8 Å². The van der Waals surface area contributed by atoms with Crippen LogP contribution in [-0.4, -0.2) is 53.6 Å². The third-order valence-corrected chi connectivity index (χ3v) is 4.87. The zero-order valence-electron chi connectivity index (χ0n) is 13.3. The fraction of sp³-hybridized carbons (Fsp3) is 0.733. The van der Waals surface area contributed by atoms with E-state index >= 15 is 0 Å². The minimum Gasteiger partial charge on any atom is -0.369 e. The molecule has 0 bridgehead atoms. The first kappa shape index (κ1) is 16.5. The molecule has 0 aromatic carbocycles. The number of piperazine rings is 1. The lowest BCUT2D eigenvalue weighted by Crippen LogP contribution is -2.49. The molecule has 5 nitrogen and oxygen atoms in total. The Bertz CT molecular complexity index is 446. The summed E-state index contributed by atoms with van der Waals surface area (Å²) in [5.41, 5.74) is 0. The van der Waals surface area contributed by atoms with Gasteiger partial charge < -0.3 is 10.2 Å². The molecule has 1 saturated heterocycles. The number of hydrogen-bond donors (Lipinski definition) is 1. The highest BCUT2D eigenvalue weighted by Gasteiger charge is 2.23. The molecular weight excluding hydrogens is 330 g/mol. The topological polar surface area (TPSA) is 44.3 Å². The maximum atomic E-state index is 4.47. The minimum atomic E-state index is 0.669. The Labute approximate surface area is 136 Å². The van der Waals surface area contributed by atoms with E-state index in [0.29, 0.717) is 6.04 Å². The van der Waals surface area contributed by atoms with Gasteiger partial charge in [0.25, 0.3) is 0 Å². The van der Waals surface area contributed by atoms with E-state index in [4.69, 9.17) is 0 Å². The zero-order valence-corrected chi connectivity index (χ0v) is 14.9. The molecule has 1 fully saturated rings. The molecule has 1 aromatic rings. The number of halogens is 1. The van der Waals surface area contributed by atoms with E-state index in [1.165, 1.54) is 6.42 Å². The lowest BCUT2D eigenvalue weighted by molar-refractivity contribution is 0.192. The molecule has 0 amide bonds. The molecule has 2 heterocycles. The van der Waals surface area contributed by atoms with Crippen molar-refractivity contribution in [3.63, 3.8) is 0 Å². The summed E-state index contributed by atoms with van der Waals surface area (Å²) in [6, 6.07) is 0.669. The average molecular weight is 356 g/mol. The van der Waals surface area contributed by atoms with Crippen molar-refractivity contribution in [2.24, 2.45) is 0 Å². The van der Waals surface area contributed by atoms with Gasteiger partial charge in [-0.1, -0.05) is 13.8 Å². The third-order valence-electron chi connectivity index (χ3n) is 4.14. The summed E-state index contributed by atoms with van der Waals surface area (Å²) < 4.78 is 0.982. The lowest BCUT2D eigenvalue weighted by atomic mass is 10.2. The Balaban J connectivity index is 2.03. The lowest BCUT2D eigenvalue weighted by Gasteiger charge is -2.38. The van der Waals surface area contributed by atoms with Crippen molar-refractivity contribution in [1.82, 2.24) is 14.9 Å². The molecule has 0 aliphatic carbocycles. The van der Waals surface area contributed by atoms with Gasteiger partial charge in [0, 0.05) is 38.8 Å². The monoisotopic (exact) mass is 355 g/mol. The summed E-state index contributed by atoms with van der Waals surface area (Å²) in [4.78, 5) is 13.7. The second-order valence-corrected chi connectivity index (χ2v) is 6.36. The van der Waals surface area contributed by atoms with Crippen LogP contribution in [-0.2, 0) is 0 Å². The molecule has 1 atom stereocenters. The van der Waals surface area contributed by atoms with Gasteiger partial charge in [-0.15, -0.1) is 0 Å². The Morgan fingerprint density at radius 3 is 2.57 bits per heavy atom. The Hall–Kier alpha value is -0.880. The number of hydrogen-bond acceptors (Lipinski definition) is 5. The van der Waals surface area contributed by atoms with Gasteiger partial charge in [-0.25, -0.2) is 9.97 Å². The van der Waals surface area contributed by atoms with Crippen LogP contribution in [0.3, 0.4) is 0 Å². The van der Waals surface area contributed by atoms with Gasteiger partial charge in [-0.3, -0.25) is 4.90 Å². The van der Waals surface area contributed by atoms with Gasteiger partial charge in [-0.05, 0) is 35.7 Å². The van der Waals surface area contributed by atoms with Gasteiger partial charge in [0.2, 0.25) is 0 Å². The molecule has 0 spiro atoms. The van der Waals surface area contributed by atoms with Crippen LogP contribution in [0, 0.1) is 0 Å². The van der Waals surface area contributed by atoms with Crippen LogP contribution in [0.1, 0.15) is 33.6 Å². The highest BCUT2D eigenvalue weighted by molar-refractivity contribution is 9.10. The minimum absolute atomic E-state index is 0.669. The molecule has 118 valence electrons. The molecule has 6 heteroatoms. The highest BCUT2D eigenvalue weighted by atomic mass is 79.9. The van der Waals surface area contributed by atoms with E-state index in [-0.39, 0.29) is 0 Å². The first-order valence-electron chi connectivity index (χ1n) is 7.90. The van der Waals surface area contributed by atoms with Gasteiger partial charge in [0.15, 0.2) is 0 Å². The first-order chi connectivity index (χ1) is 10.2. The van der Waals surface area contributed by atoms with E-state index in [2.05, 4.69) is 61.8 Å². The van der Waals surface area contributed by atoms with Crippen LogP contribution < -0.4 is 10.2 Å². The number of anilines is 2. The molecule has 1 aliphatic rings. The summed E-state index contributed by atoms with van der Waals surface area (Å²) in [5, 5.41) is 3.34. The van der Waals surface area contributed by atoms with Crippen LogP contribution in [0.5, 0.6) is 0 Å². The fourth-order valence-corrected chi connectivity index (χ4v) is 3.18. The number of nitrogens with one attached hydrogen (secondary N) is 1. The fourth-order valence-electron chi connectivity index (χ4n) is 2.58. The van der Waals surface area contributed by atoms with Crippen molar-refractivity contribution in [3.05, 3.63) is 10.8 Å². The summed E-state index contributed by atoms with van der Waals surface area (Å²) in [7, 11) is 0. The predicted octanol–water partition coefficient (Wildman–Crippen LogP) is 2.98. The second kappa shape index (κ2) is 7.94. The molecule has 2 rings (SSSR count). The summed E-state index contributed by atoms with van der Waals surface area (Å²) in [6.07, 6.45) is 3.95. The highest BCUT2D eigenvalue weighted by Crippen LogP contribution is 2.30. The molecule has 1 aromatic heterocycles. The zero-order chi connectivity index (χ0) is 15.2. The van der Waals surface area contributed by atoms with Crippen LogP contribution >= 0.6 is 15.9 Å². The van der Waals surface area contributed by atoms with Crippen molar-refractivity contribution in [2.45, 2.75) is 39.7 Å². The van der Waals surface area contributed by atoms with Gasteiger partial charge in [0.1, 0.15) is 22.4 Å². The predicted molar refractivity (Wildman–Crippen MR) is 92.1 cm³/mol. The molecular formula is C15H26BrN5. The van der Waals surface area contributed by atoms with E-state index in [9.17, 15) is 0 Å². The summed E-state index contributed by atoms with van der Waals surface area (Å²) >= 11 is 3.66. The average Bonchev–Trinajstić information content (AvgIpc) is 2.53. The second-order valence-electron chi connectivity index (χ2n) is 5.57. The van der Waals surface area contributed by atoms with Crippen LogP contribution in [0.2, 0.25) is 0 Å². The quantitative estimate of drug-likeness (QED) is 0.849. The maximum absolute atomic E-state index is 4.47. The van der Waals surface area contributed by atoms with Crippen LogP contribution in [0.4, 0.5) is 11.6 Å². The largest absolute Gasteiger partial charge is 0.369 e. The number of rotatable bonds is 6. The van der Waals surface area contributed by atoms with Gasteiger partial charge in [-0.2, -0.15) is 0 Å². The molecule has 0 saturated carbocycles. The van der Waals surface area contributed by atoms with Crippen molar-refractivity contribution < 1.29 is 0 Å². The van der Waals surface area contributed by atoms with E-state index in [1.54, 1.807) is 6.33 Å². The molecule has 0 radical (unpaired) electrons. The normalized spacial score (nSPS) is 17.8. The number of aromatic nitrogens is 2. The summed E-state index contributed by atoms with van der Waals surface area (Å²) in [5.74, 6) is 1.90. The molecule has 21 heavy (non-hydrogen) atoms. The molecule has 1 N–H and O–H groups in total. The van der Waals surface area contributed by atoms with Crippen molar-refractivity contribution in [2.75, 3.05) is 42.9 Å². The van der Waals surface area contributed by atoms with E-state index < -0.39 is 0 Å². The van der Waals surface area contributed by atoms with Gasteiger partial charge in [0.05, 0.1) is 0 Å². The van der Waals surface area contributed by atoms with Crippen molar-refractivity contribution in [1.29, 1.82) is 0 Å².